The molecule has 1 fully saturated rings. The van der Waals surface area contributed by atoms with Crippen LogP contribution in [0.25, 0.3) is 0 Å². The fraction of sp³-hybridized carbons (Fsp3) is 0.462. The number of amides is 1. The number of halogens is 2. The lowest BCUT2D eigenvalue weighted by molar-refractivity contribution is 0.0252. The van der Waals surface area contributed by atoms with E-state index in [0.717, 1.165) is 12.1 Å². The van der Waals surface area contributed by atoms with Gasteiger partial charge >= 0.3 is 0 Å². The van der Waals surface area contributed by atoms with Gasteiger partial charge in [0.25, 0.3) is 5.91 Å². The lowest BCUT2D eigenvalue weighted by Gasteiger charge is -2.28. The van der Waals surface area contributed by atoms with Gasteiger partial charge in [0.2, 0.25) is 0 Å². The van der Waals surface area contributed by atoms with Gasteiger partial charge in [-0.15, -0.1) is 0 Å². The van der Waals surface area contributed by atoms with Crippen molar-refractivity contribution >= 4 is 5.91 Å². The first-order chi connectivity index (χ1) is 8.91. The highest BCUT2D eigenvalue weighted by Gasteiger charge is 2.33. The second-order valence-electron chi connectivity index (χ2n) is 4.94. The molecule has 2 N–H and O–H groups in total. The van der Waals surface area contributed by atoms with E-state index in [1.165, 1.54) is 18.0 Å². The molecule has 1 heterocycles. The highest BCUT2D eigenvalue weighted by molar-refractivity contribution is 5.94. The summed E-state index contributed by atoms with van der Waals surface area (Å²) >= 11 is 0. The maximum absolute atomic E-state index is 13.1. The van der Waals surface area contributed by atoms with Gasteiger partial charge in [-0.2, -0.15) is 0 Å². The van der Waals surface area contributed by atoms with Crippen molar-refractivity contribution in [2.75, 3.05) is 26.7 Å². The van der Waals surface area contributed by atoms with Crippen LogP contribution in [-0.2, 0) is 0 Å². The molecule has 1 aromatic rings. The van der Waals surface area contributed by atoms with Crippen LogP contribution < -0.4 is 5.32 Å². The number of carbonyl (C=O) groups excluding carboxylic acids is 1. The summed E-state index contributed by atoms with van der Waals surface area (Å²) in [6.07, 6.45) is 0.558. The standard InChI is InChI=1S/C13H16F2N2O2/c1-17(8-13(19)4-5-16-7-13)12(18)9-2-3-10(14)11(15)6-9/h2-3,6,16,19H,4-5,7-8H2,1H3. The van der Waals surface area contributed by atoms with Crippen LogP contribution in [0.1, 0.15) is 16.8 Å². The summed E-state index contributed by atoms with van der Waals surface area (Å²) in [5.74, 6) is -2.49. The van der Waals surface area contributed by atoms with E-state index in [-0.39, 0.29) is 12.1 Å². The molecule has 4 nitrogen and oxygen atoms in total. The third-order valence-corrected chi connectivity index (χ3v) is 3.27. The zero-order chi connectivity index (χ0) is 14.0. The van der Waals surface area contributed by atoms with Gasteiger partial charge in [0, 0.05) is 19.2 Å². The number of aliphatic hydroxyl groups is 1. The van der Waals surface area contributed by atoms with Gasteiger partial charge in [-0.25, -0.2) is 8.78 Å². The van der Waals surface area contributed by atoms with Crippen molar-refractivity contribution in [3.8, 4) is 0 Å². The molecule has 0 aromatic heterocycles. The molecule has 0 radical (unpaired) electrons. The molecule has 1 atom stereocenters. The number of β-amino-alcohol motifs (C(OH)–C–C–N with tert-alkyl or cyclic N) is 1. The first-order valence-electron chi connectivity index (χ1n) is 6.05. The van der Waals surface area contributed by atoms with Crippen molar-refractivity contribution in [2.24, 2.45) is 0 Å². The van der Waals surface area contributed by atoms with Crippen LogP contribution in [0.15, 0.2) is 18.2 Å². The Bertz CT molecular complexity index is 488. The van der Waals surface area contributed by atoms with Crippen molar-refractivity contribution in [3.63, 3.8) is 0 Å². The molecule has 6 heteroatoms. The fourth-order valence-electron chi connectivity index (χ4n) is 2.23. The maximum atomic E-state index is 13.1. The molecule has 1 aliphatic rings. The van der Waals surface area contributed by atoms with Crippen molar-refractivity contribution in [1.29, 1.82) is 0 Å². The topological polar surface area (TPSA) is 52.6 Å². The minimum absolute atomic E-state index is 0.0657. The Hall–Kier alpha value is -1.53. The smallest absolute Gasteiger partial charge is 0.253 e. The zero-order valence-corrected chi connectivity index (χ0v) is 10.6. The molecular weight excluding hydrogens is 254 g/mol. The van der Waals surface area contributed by atoms with Crippen LogP contribution >= 0.6 is 0 Å². The van der Waals surface area contributed by atoms with Gasteiger partial charge in [-0.05, 0) is 31.2 Å². The second kappa shape index (κ2) is 5.22. The number of nitrogens with zero attached hydrogens (tertiary/aromatic N) is 1. The van der Waals surface area contributed by atoms with E-state index in [1.54, 1.807) is 0 Å². The lowest BCUT2D eigenvalue weighted by atomic mass is 10.0. The summed E-state index contributed by atoms with van der Waals surface area (Å²) in [7, 11) is 1.53. The van der Waals surface area contributed by atoms with Gasteiger partial charge in [0.1, 0.15) is 0 Å². The Morgan fingerprint density at radius 3 is 2.79 bits per heavy atom. The Kier molecular flexibility index (Phi) is 3.82. The third kappa shape index (κ3) is 3.08. The molecule has 0 saturated carbocycles. The largest absolute Gasteiger partial charge is 0.387 e. The molecule has 1 amide bonds. The summed E-state index contributed by atoms with van der Waals surface area (Å²) in [4.78, 5) is 13.4. The monoisotopic (exact) mass is 270 g/mol. The summed E-state index contributed by atoms with van der Waals surface area (Å²) in [5.41, 5.74) is -0.890. The van der Waals surface area contributed by atoms with E-state index < -0.39 is 23.1 Å². The van der Waals surface area contributed by atoms with Crippen LogP contribution in [0, 0.1) is 11.6 Å². The number of nitrogens with one attached hydrogen (secondary N) is 1. The normalized spacial score (nSPS) is 22.5. The zero-order valence-electron chi connectivity index (χ0n) is 10.6. The van der Waals surface area contributed by atoms with E-state index >= 15 is 0 Å². The molecule has 1 unspecified atom stereocenters. The summed E-state index contributed by atoms with van der Waals surface area (Å²) in [5, 5.41) is 13.2. The Morgan fingerprint density at radius 2 is 2.21 bits per heavy atom. The average Bonchev–Trinajstić information content (AvgIpc) is 2.78. The minimum Gasteiger partial charge on any atom is -0.387 e. The van der Waals surface area contributed by atoms with Gasteiger partial charge in [-0.3, -0.25) is 4.79 Å². The number of carbonyl (C=O) groups is 1. The molecule has 0 spiro atoms. The van der Waals surface area contributed by atoms with Crippen LogP contribution in [0.3, 0.4) is 0 Å². The molecule has 1 saturated heterocycles. The molecule has 1 aliphatic heterocycles. The third-order valence-electron chi connectivity index (χ3n) is 3.27. The van der Waals surface area contributed by atoms with Crippen LogP contribution in [-0.4, -0.2) is 48.2 Å². The van der Waals surface area contributed by atoms with Crippen molar-refractivity contribution < 1.29 is 18.7 Å². The molecule has 104 valence electrons. The van der Waals surface area contributed by atoms with Crippen molar-refractivity contribution in [2.45, 2.75) is 12.0 Å². The molecule has 2 rings (SSSR count). The second-order valence-corrected chi connectivity index (χ2v) is 4.94. The van der Waals surface area contributed by atoms with Crippen LogP contribution in [0.2, 0.25) is 0 Å². The van der Waals surface area contributed by atoms with Crippen LogP contribution in [0.4, 0.5) is 8.78 Å². The fourth-order valence-corrected chi connectivity index (χ4v) is 2.23. The molecule has 0 bridgehead atoms. The Morgan fingerprint density at radius 1 is 1.47 bits per heavy atom. The minimum atomic E-state index is -1.06. The average molecular weight is 270 g/mol. The summed E-state index contributed by atoms with van der Waals surface area (Å²) in [6, 6.07) is 3.02. The number of hydrogen-bond acceptors (Lipinski definition) is 3. The van der Waals surface area contributed by atoms with E-state index in [9.17, 15) is 18.7 Å². The Balaban J connectivity index is 2.08. The predicted molar refractivity (Wildman–Crippen MR) is 65.8 cm³/mol. The maximum Gasteiger partial charge on any atom is 0.253 e. The predicted octanol–water partition coefficient (Wildman–Crippen LogP) is 0.761. The quantitative estimate of drug-likeness (QED) is 0.852. The van der Waals surface area contributed by atoms with Crippen molar-refractivity contribution in [3.05, 3.63) is 35.4 Å². The van der Waals surface area contributed by atoms with Gasteiger partial charge < -0.3 is 15.3 Å². The van der Waals surface area contributed by atoms with E-state index in [1.807, 2.05) is 0 Å². The first-order valence-corrected chi connectivity index (χ1v) is 6.05. The van der Waals surface area contributed by atoms with E-state index in [4.69, 9.17) is 0 Å². The summed E-state index contributed by atoms with van der Waals surface area (Å²) < 4.78 is 25.9. The molecule has 19 heavy (non-hydrogen) atoms. The SMILES string of the molecule is CN(CC1(O)CCNC1)C(=O)c1ccc(F)c(F)c1. The molecule has 1 aromatic carbocycles. The molecular formula is C13H16F2N2O2. The number of likely N-dealkylation sites (N-methyl/N-ethyl adjacent to an activating group) is 1. The molecule has 0 aliphatic carbocycles. The van der Waals surface area contributed by atoms with E-state index in [0.29, 0.717) is 19.5 Å². The first kappa shape index (κ1) is 13.9. The Labute approximate surface area is 110 Å². The highest BCUT2D eigenvalue weighted by Crippen LogP contribution is 2.17. The van der Waals surface area contributed by atoms with Gasteiger partial charge in [0.05, 0.1) is 12.1 Å². The number of hydrogen-bond donors (Lipinski definition) is 2. The number of rotatable bonds is 3. The lowest BCUT2D eigenvalue weighted by Crippen LogP contribution is -2.45. The number of benzene rings is 1. The van der Waals surface area contributed by atoms with Crippen LogP contribution in [0.5, 0.6) is 0 Å². The highest BCUT2D eigenvalue weighted by atomic mass is 19.2. The van der Waals surface area contributed by atoms with E-state index in [2.05, 4.69) is 5.32 Å². The van der Waals surface area contributed by atoms with Gasteiger partial charge in [-0.1, -0.05) is 0 Å². The van der Waals surface area contributed by atoms with Gasteiger partial charge in [0.15, 0.2) is 11.6 Å². The summed E-state index contributed by atoms with van der Waals surface area (Å²) in [6.45, 7) is 1.27. The van der Waals surface area contributed by atoms with Crippen molar-refractivity contribution in [1.82, 2.24) is 10.2 Å².